The Labute approximate surface area is 141 Å². The molecule has 9 heteroatoms. The first-order chi connectivity index (χ1) is 9.90. The maximum Gasteiger partial charge on any atom is 0.209 e. The van der Waals surface area contributed by atoms with Crippen LogP contribution in [-0.4, -0.2) is 25.1 Å². The van der Waals surface area contributed by atoms with E-state index >= 15 is 0 Å². The molecule has 7 N–H and O–H groups in total. The molecular weight excluding hydrogens is 327 g/mol. The number of hydrazone groups is 1. The largest absolute Gasteiger partial charge is 0.494 e. The predicted octanol–water partition coefficient (Wildman–Crippen LogP) is 1.24. The second-order valence-electron chi connectivity index (χ2n) is 4.49. The Balaban J connectivity index is 0.00000441. The third-order valence-corrected chi connectivity index (χ3v) is 3.16. The number of aryl methyl sites for hydroxylation is 2. The summed E-state index contributed by atoms with van der Waals surface area (Å²) >= 11 is 6.10. The van der Waals surface area contributed by atoms with Gasteiger partial charge in [-0.3, -0.25) is 4.99 Å². The number of halogens is 2. The first-order valence-corrected chi connectivity index (χ1v) is 6.82. The molecule has 0 aromatic heterocycles. The number of nitrogens with one attached hydrogen (secondary N) is 1. The Bertz CT molecular complexity index is 520. The zero-order valence-corrected chi connectivity index (χ0v) is 14.2. The van der Waals surface area contributed by atoms with Gasteiger partial charge in [-0.2, -0.15) is 0 Å². The topological polar surface area (TPSA) is 124 Å². The standard InChI is InChI=1S/C13H21ClN6O.ClH/c1-8-6-10(7-9(2)11(8)14)21-5-3-4-18-13(17)20-19-12(15)16;/h6-7H,3-5H2,1-2H3,(H4,15,16,19)(H3,17,18,20);1H. The van der Waals surface area contributed by atoms with Crippen molar-refractivity contribution in [2.24, 2.45) is 27.3 Å². The monoisotopic (exact) mass is 348 g/mol. The van der Waals surface area contributed by atoms with Gasteiger partial charge in [0.15, 0.2) is 0 Å². The molecule has 22 heavy (non-hydrogen) atoms. The zero-order chi connectivity index (χ0) is 15.8. The average molecular weight is 349 g/mol. The van der Waals surface area contributed by atoms with Gasteiger partial charge in [0.25, 0.3) is 0 Å². The number of nitrogens with zero attached hydrogens (tertiary/aromatic N) is 2. The van der Waals surface area contributed by atoms with Crippen LogP contribution in [0.25, 0.3) is 0 Å². The van der Waals surface area contributed by atoms with Gasteiger partial charge in [0.2, 0.25) is 11.9 Å². The minimum absolute atomic E-state index is 0. The van der Waals surface area contributed by atoms with Gasteiger partial charge in [-0.05, 0) is 37.1 Å². The third kappa shape index (κ3) is 7.24. The van der Waals surface area contributed by atoms with Crippen LogP contribution in [0, 0.1) is 13.8 Å². The molecule has 0 radical (unpaired) electrons. The van der Waals surface area contributed by atoms with E-state index in [1.54, 1.807) is 0 Å². The van der Waals surface area contributed by atoms with Crippen molar-refractivity contribution in [1.29, 1.82) is 0 Å². The molecule has 0 fully saturated rings. The molecule has 0 atom stereocenters. The van der Waals surface area contributed by atoms with Crippen molar-refractivity contribution in [3.8, 4) is 5.75 Å². The van der Waals surface area contributed by atoms with Gasteiger partial charge < -0.3 is 21.9 Å². The van der Waals surface area contributed by atoms with Gasteiger partial charge in [-0.1, -0.05) is 11.6 Å². The van der Waals surface area contributed by atoms with E-state index in [9.17, 15) is 0 Å². The number of hydrogen-bond donors (Lipinski definition) is 4. The maximum atomic E-state index is 6.10. The maximum absolute atomic E-state index is 6.10. The van der Waals surface area contributed by atoms with E-state index in [0.717, 1.165) is 21.9 Å². The molecule has 0 heterocycles. The molecule has 0 amide bonds. The van der Waals surface area contributed by atoms with Gasteiger partial charge >= 0.3 is 0 Å². The molecule has 1 aromatic rings. The number of ether oxygens (including phenoxy) is 1. The minimum Gasteiger partial charge on any atom is -0.494 e. The van der Waals surface area contributed by atoms with E-state index in [1.165, 1.54) is 0 Å². The van der Waals surface area contributed by atoms with Crippen LogP contribution in [0.15, 0.2) is 22.2 Å². The summed E-state index contributed by atoms with van der Waals surface area (Å²) in [4.78, 5) is 4.04. The van der Waals surface area contributed by atoms with Crippen molar-refractivity contribution in [2.75, 3.05) is 13.2 Å². The van der Waals surface area contributed by atoms with E-state index < -0.39 is 0 Å². The fourth-order valence-corrected chi connectivity index (χ4v) is 1.71. The molecule has 0 spiro atoms. The Kier molecular flexibility index (Phi) is 9.12. The second-order valence-corrected chi connectivity index (χ2v) is 4.87. The average Bonchev–Trinajstić information content (AvgIpc) is 2.42. The lowest BCUT2D eigenvalue weighted by Gasteiger charge is -2.09. The molecule has 0 aliphatic carbocycles. The van der Waals surface area contributed by atoms with E-state index in [1.807, 2.05) is 26.0 Å². The van der Waals surface area contributed by atoms with Crippen molar-refractivity contribution in [3.63, 3.8) is 0 Å². The van der Waals surface area contributed by atoms with Crippen molar-refractivity contribution < 1.29 is 4.74 Å². The summed E-state index contributed by atoms with van der Waals surface area (Å²) in [5.74, 6) is 0.844. The van der Waals surface area contributed by atoms with Crippen LogP contribution < -0.4 is 27.4 Å². The SMILES string of the molecule is Cc1cc(OCCCN=C(N)NN=C(N)N)cc(C)c1Cl.Cl. The fourth-order valence-electron chi connectivity index (χ4n) is 1.60. The zero-order valence-electron chi connectivity index (χ0n) is 12.6. The number of benzene rings is 1. The highest BCUT2D eigenvalue weighted by atomic mass is 35.5. The van der Waals surface area contributed by atoms with Crippen molar-refractivity contribution in [3.05, 3.63) is 28.3 Å². The van der Waals surface area contributed by atoms with Crippen LogP contribution in [0.5, 0.6) is 5.75 Å². The quantitative estimate of drug-likeness (QED) is 0.266. The molecule has 1 aromatic carbocycles. The lowest BCUT2D eigenvalue weighted by molar-refractivity contribution is 0.313. The predicted molar refractivity (Wildman–Crippen MR) is 93.7 cm³/mol. The summed E-state index contributed by atoms with van der Waals surface area (Å²) in [7, 11) is 0. The van der Waals surface area contributed by atoms with Crippen molar-refractivity contribution >= 4 is 35.9 Å². The van der Waals surface area contributed by atoms with E-state index in [2.05, 4.69) is 15.5 Å². The number of nitrogens with two attached hydrogens (primary N) is 3. The normalized spacial score (nSPS) is 10.6. The molecule has 0 aliphatic rings. The van der Waals surface area contributed by atoms with Gasteiger partial charge in [-0.25, -0.2) is 5.43 Å². The molecule has 0 bridgehead atoms. The third-order valence-electron chi connectivity index (χ3n) is 2.56. The molecule has 0 saturated carbocycles. The summed E-state index contributed by atoms with van der Waals surface area (Å²) < 4.78 is 5.65. The molecule has 0 saturated heterocycles. The molecule has 7 nitrogen and oxygen atoms in total. The number of guanidine groups is 2. The summed E-state index contributed by atoms with van der Waals surface area (Å²) in [5.41, 5.74) is 20.2. The van der Waals surface area contributed by atoms with Crippen molar-refractivity contribution in [2.45, 2.75) is 20.3 Å². The van der Waals surface area contributed by atoms with Crippen LogP contribution in [-0.2, 0) is 0 Å². The van der Waals surface area contributed by atoms with Crippen LogP contribution in [0.4, 0.5) is 0 Å². The minimum atomic E-state index is -0.107. The molecule has 0 unspecified atom stereocenters. The van der Waals surface area contributed by atoms with Crippen LogP contribution in [0.3, 0.4) is 0 Å². The highest BCUT2D eigenvalue weighted by Crippen LogP contribution is 2.25. The molecule has 0 aliphatic heterocycles. The van der Waals surface area contributed by atoms with E-state index in [4.69, 9.17) is 33.5 Å². The molecule has 1 rings (SSSR count). The molecular formula is C13H22Cl2N6O. The van der Waals surface area contributed by atoms with E-state index in [0.29, 0.717) is 19.6 Å². The lowest BCUT2D eigenvalue weighted by atomic mass is 10.1. The summed E-state index contributed by atoms with van der Waals surface area (Å²) in [6, 6.07) is 3.82. The lowest BCUT2D eigenvalue weighted by Crippen LogP contribution is -2.33. The summed E-state index contributed by atoms with van der Waals surface area (Å²) in [6.45, 7) is 4.93. The van der Waals surface area contributed by atoms with Crippen LogP contribution in [0.1, 0.15) is 17.5 Å². The van der Waals surface area contributed by atoms with E-state index in [-0.39, 0.29) is 24.3 Å². The van der Waals surface area contributed by atoms with Gasteiger partial charge in [0, 0.05) is 18.0 Å². The second kappa shape index (κ2) is 9.97. The number of hydrogen-bond acceptors (Lipinski definition) is 3. The number of rotatable bonds is 6. The Hall–Kier alpha value is -1.86. The Morgan fingerprint density at radius 1 is 1.23 bits per heavy atom. The highest BCUT2D eigenvalue weighted by molar-refractivity contribution is 6.32. The Morgan fingerprint density at radius 2 is 1.82 bits per heavy atom. The van der Waals surface area contributed by atoms with Gasteiger partial charge in [0.05, 0.1) is 6.61 Å². The fraction of sp³-hybridized carbons (Fsp3) is 0.385. The van der Waals surface area contributed by atoms with Gasteiger partial charge in [-0.15, -0.1) is 17.5 Å². The first kappa shape index (κ1) is 20.1. The van der Waals surface area contributed by atoms with Crippen molar-refractivity contribution in [1.82, 2.24) is 5.43 Å². The Morgan fingerprint density at radius 3 is 2.36 bits per heavy atom. The summed E-state index contributed by atoms with van der Waals surface area (Å²) in [6.07, 6.45) is 0.713. The van der Waals surface area contributed by atoms with Gasteiger partial charge in [0.1, 0.15) is 5.75 Å². The smallest absolute Gasteiger partial charge is 0.209 e. The molecule has 124 valence electrons. The summed E-state index contributed by atoms with van der Waals surface area (Å²) in [5, 5.41) is 4.29. The number of aliphatic imine (C=N–C) groups is 1. The highest BCUT2D eigenvalue weighted by Gasteiger charge is 2.03. The first-order valence-electron chi connectivity index (χ1n) is 6.44. The van der Waals surface area contributed by atoms with Crippen LogP contribution in [0.2, 0.25) is 5.02 Å². The van der Waals surface area contributed by atoms with Crippen LogP contribution >= 0.6 is 24.0 Å².